The van der Waals surface area contributed by atoms with Crippen LogP contribution in [-0.2, 0) is 16.1 Å². The van der Waals surface area contributed by atoms with Gasteiger partial charge in [0.05, 0.1) is 6.61 Å². The molecule has 1 atom stereocenters. The second-order valence-corrected chi connectivity index (χ2v) is 7.56. The first-order chi connectivity index (χ1) is 14.2. The van der Waals surface area contributed by atoms with Crippen molar-refractivity contribution >= 4 is 11.9 Å². The smallest absolute Gasteiger partial charge is 0.251 e. The van der Waals surface area contributed by atoms with Crippen LogP contribution in [0.2, 0.25) is 0 Å². The molecule has 0 bridgehead atoms. The third kappa shape index (κ3) is 6.10. The van der Waals surface area contributed by atoms with E-state index < -0.39 is 0 Å². The molecule has 29 heavy (non-hydrogen) atoms. The van der Waals surface area contributed by atoms with Gasteiger partial charge in [-0.15, -0.1) is 0 Å². The Balaban J connectivity index is 1.46. The maximum absolute atomic E-state index is 12.5. The van der Waals surface area contributed by atoms with Gasteiger partial charge in [-0.05, 0) is 37.0 Å². The lowest BCUT2D eigenvalue weighted by molar-refractivity contribution is -0.142. The van der Waals surface area contributed by atoms with E-state index in [-0.39, 0.29) is 12.0 Å². The fraction of sp³-hybridized carbons (Fsp3) is 0.636. The maximum Gasteiger partial charge on any atom is 0.251 e. The number of carbonyl (C=O) groups is 1. The van der Waals surface area contributed by atoms with E-state index in [4.69, 9.17) is 9.47 Å². The molecule has 3 rings (SSSR count). The molecule has 2 heterocycles. The molecule has 0 saturated carbocycles. The number of ether oxygens (including phenoxy) is 2. The van der Waals surface area contributed by atoms with E-state index in [9.17, 15) is 4.79 Å². The van der Waals surface area contributed by atoms with Crippen LogP contribution in [0.4, 0.5) is 0 Å². The third-order valence-corrected chi connectivity index (χ3v) is 5.42. The Morgan fingerprint density at radius 3 is 2.76 bits per heavy atom. The Bertz CT molecular complexity index is 680. The van der Waals surface area contributed by atoms with Crippen molar-refractivity contribution in [3.05, 3.63) is 29.8 Å². The number of piperazine rings is 1. The highest BCUT2D eigenvalue weighted by atomic mass is 16.5. The molecule has 160 valence electrons. The van der Waals surface area contributed by atoms with Gasteiger partial charge >= 0.3 is 0 Å². The highest BCUT2D eigenvalue weighted by Crippen LogP contribution is 2.16. The zero-order valence-corrected chi connectivity index (χ0v) is 17.7. The monoisotopic (exact) mass is 402 g/mol. The van der Waals surface area contributed by atoms with E-state index in [0.717, 1.165) is 62.7 Å². The van der Waals surface area contributed by atoms with Crippen molar-refractivity contribution in [2.75, 3.05) is 46.4 Å². The summed E-state index contributed by atoms with van der Waals surface area (Å²) in [6.07, 6.45) is 3.80. The summed E-state index contributed by atoms with van der Waals surface area (Å²) in [5.74, 6) is 1.92. The number of nitrogens with zero attached hydrogens (tertiary/aromatic N) is 3. The molecule has 0 spiro atoms. The summed E-state index contributed by atoms with van der Waals surface area (Å²) in [7, 11) is 1.80. The molecule has 2 fully saturated rings. The highest BCUT2D eigenvalue weighted by molar-refractivity contribution is 5.82. The van der Waals surface area contributed by atoms with Gasteiger partial charge in [0.25, 0.3) is 5.91 Å². The van der Waals surface area contributed by atoms with Gasteiger partial charge in [-0.2, -0.15) is 0 Å². The van der Waals surface area contributed by atoms with Crippen molar-refractivity contribution in [2.24, 2.45) is 4.99 Å². The fourth-order valence-electron chi connectivity index (χ4n) is 3.71. The summed E-state index contributed by atoms with van der Waals surface area (Å²) >= 11 is 0. The van der Waals surface area contributed by atoms with Crippen LogP contribution in [0, 0.1) is 0 Å². The second kappa shape index (κ2) is 11.0. The lowest BCUT2D eigenvalue weighted by atomic mass is 10.2. The molecule has 1 unspecified atom stereocenters. The quantitative estimate of drug-likeness (QED) is 0.431. The van der Waals surface area contributed by atoms with E-state index in [1.165, 1.54) is 0 Å². The molecule has 1 N–H and O–H groups in total. The minimum absolute atomic E-state index is 0.144. The highest BCUT2D eigenvalue weighted by Gasteiger charge is 2.30. The zero-order chi connectivity index (χ0) is 20.5. The Morgan fingerprint density at radius 2 is 2.07 bits per heavy atom. The molecule has 0 radical (unpaired) electrons. The lowest BCUT2D eigenvalue weighted by Crippen LogP contribution is -2.55. The molecular formula is C22H34N4O3. The number of guanidine groups is 1. The number of carbonyl (C=O) groups excluding carboxylic acids is 1. The molecule has 1 aromatic rings. The molecular weight excluding hydrogens is 368 g/mol. The van der Waals surface area contributed by atoms with Crippen molar-refractivity contribution in [3.8, 4) is 5.75 Å². The normalized spacial score (nSPS) is 20.1. The van der Waals surface area contributed by atoms with E-state index in [2.05, 4.69) is 34.3 Å². The SMILES string of the molecule is CCCCOc1cccc(CNC(=NC)N2CCN(C(=O)C3CCCO3)CC2)c1. The van der Waals surface area contributed by atoms with Gasteiger partial charge in [0.15, 0.2) is 5.96 Å². The van der Waals surface area contributed by atoms with Gasteiger partial charge in [0, 0.05) is 46.4 Å². The molecule has 7 nitrogen and oxygen atoms in total. The van der Waals surface area contributed by atoms with Crippen molar-refractivity contribution in [1.29, 1.82) is 0 Å². The average molecular weight is 403 g/mol. The number of hydrogen-bond donors (Lipinski definition) is 1. The van der Waals surface area contributed by atoms with Crippen LogP contribution < -0.4 is 10.1 Å². The van der Waals surface area contributed by atoms with E-state index >= 15 is 0 Å². The van der Waals surface area contributed by atoms with E-state index in [1.54, 1.807) is 7.05 Å². The first-order valence-corrected chi connectivity index (χ1v) is 10.8. The van der Waals surface area contributed by atoms with Crippen molar-refractivity contribution in [2.45, 2.75) is 45.3 Å². The van der Waals surface area contributed by atoms with Gasteiger partial charge in [-0.3, -0.25) is 9.79 Å². The fourth-order valence-corrected chi connectivity index (χ4v) is 3.71. The van der Waals surface area contributed by atoms with Crippen molar-refractivity contribution in [3.63, 3.8) is 0 Å². The number of hydrogen-bond acceptors (Lipinski definition) is 4. The minimum Gasteiger partial charge on any atom is -0.494 e. The summed E-state index contributed by atoms with van der Waals surface area (Å²) in [4.78, 5) is 21.1. The predicted molar refractivity (Wildman–Crippen MR) is 114 cm³/mol. The van der Waals surface area contributed by atoms with E-state index in [0.29, 0.717) is 26.2 Å². The average Bonchev–Trinajstić information content (AvgIpc) is 3.30. The number of nitrogens with one attached hydrogen (secondary N) is 1. The Kier molecular flexibility index (Phi) is 8.16. The summed E-state index contributed by atoms with van der Waals surface area (Å²) < 4.78 is 11.3. The van der Waals surface area contributed by atoms with Crippen LogP contribution in [0.25, 0.3) is 0 Å². The van der Waals surface area contributed by atoms with Gasteiger partial charge in [0.2, 0.25) is 0 Å². The zero-order valence-electron chi connectivity index (χ0n) is 17.7. The van der Waals surface area contributed by atoms with Crippen molar-refractivity contribution < 1.29 is 14.3 Å². The number of benzene rings is 1. The summed E-state index contributed by atoms with van der Waals surface area (Å²) in [5, 5.41) is 3.44. The van der Waals surface area contributed by atoms with Gasteiger partial charge in [-0.25, -0.2) is 0 Å². The Labute approximate surface area is 174 Å². The first-order valence-electron chi connectivity index (χ1n) is 10.8. The minimum atomic E-state index is -0.231. The Hall–Kier alpha value is -2.28. The second-order valence-electron chi connectivity index (χ2n) is 7.56. The summed E-state index contributed by atoms with van der Waals surface area (Å²) in [6.45, 7) is 7.28. The van der Waals surface area contributed by atoms with Gasteiger partial charge in [-0.1, -0.05) is 25.5 Å². The van der Waals surface area contributed by atoms with Crippen LogP contribution >= 0.6 is 0 Å². The van der Waals surface area contributed by atoms with E-state index in [1.807, 2.05) is 17.0 Å². The number of unbranched alkanes of at least 4 members (excludes halogenated alkanes) is 1. The van der Waals surface area contributed by atoms with Crippen molar-refractivity contribution in [1.82, 2.24) is 15.1 Å². The Morgan fingerprint density at radius 1 is 1.28 bits per heavy atom. The van der Waals surface area contributed by atoms with Crippen LogP contribution in [0.3, 0.4) is 0 Å². The molecule has 1 aromatic carbocycles. The molecule has 1 amide bonds. The maximum atomic E-state index is 12.5. The van der Waals surface area contributed by atoms with Crippen LogP contribution in [-0.4, -0.2) is 74.2 Å². The molecule has 0 aliphatic carbocycles. The van der Waals surface area contributed by atoms with Crippen LogP contribution in [0.1, 0.15) is 38.2 Å². The summed E-state index contributed by atoms with van der Waals surface area (Å²) in [5.41, 5.74) is 1.16. The molecule has 0 aromatic heterocycles. The third-order valence-electron chi connectivity index (χ3n) is 5.42. The molecule has 2 aliphatic rings. The van der Waals surface area contributed by atoms with Gasteiger partial charge in [0.1, 0.15) is 11.9 Å². The lowest BCUT2D eigenvalue weighted by Gasteiger charge is -2.37. The molecule has 2 aliphatic heterocycles. The first kappa shape index (κ1) is 21.4. The number of aliphatic imine (C=N–C) groups is 1. The molecule has 2 saturated heterocycles. The van der Waals surface area contributed by atoms with Crippen LogP contribution in [0.15, 0.2) is 29.3 Å². The number of amides is 1. The number of rotatable bonds is 7. The largest absolute Gasteiger partial charge is 0.494 e. The standard InChI is InChI=1S/C22H34N4O3/c1-3-4-14-28-19-8-5-7-18(16-19)17-24-22(23-2)26-12-10-25(11-13-26)21(27)20-9-6-15-29-20/h5,7-8,16,20H,3-4,6,9-15,17H2,1-2H3,(H,23,24). The predicted octanol–water partition coefficient (Wildman–Crippen LogP) is 2.26. The van der Waals surface area contributed by atoms with Gasteiger partial charge < -0.3 is 24.6 Å². The molecule has 7 heteroatoms. The topological polar surface area (TPSA) is 66.4 Å². The van der Waals surface area contributed by atoms with Crippen LogP contribution in [0.5, 0.6) is 5.75 Å². The summed E-state index contributed by atoms with van der Waals surface area (Å²) in [6, 6.07) is 8.19.